The predicted octanol–water partition coefficient (Wildman–Crippen LogP) is 3.28. The minimum Gasteiger partial charge on any atom is -0.450 e. The topological polar surface area (TPSA) is 29.5 Å². The first-order chi connectivity index (χ1) is 10.8. The molecule has 0 aromatic rings. The van der Waals surface area contributed by atoms with Crippen LogP contribution in [0.3, 0.4) is 0 Å². The molecule has 1 unspecified atom stereocenters. The second-order valence-electron chi connectivity index (χ2n) is 7.79. The number of rotatable bonds is 2. The summed E-state index contributed by atoms with van der Waals surface area (Å²) in [4.78, 5) is 14.7. The second kappa shape index (κ2) is 5.01. The molecule has 3 aliphatic heterocycles. The van der Waals surface area contributed by atoms with Crippen LogP contribution in [0.5, 0.6) is 0 Å². The van der Waals surface area contributed by atoms with Crippen LogP contribution < -0.4 is 0 Å². The number of ether oxygens (including phenoxy) is 1. The van der Waals surface area contributed by atoms with E-state index in [-0.39, 0.29) is 11.6 Å². The standard InChI is InChI=1S/C18H25NO2S/c20-17-10-12-9-15(22-13-5-1-2-6-13)14-11-18(12,21-17)16-7-3-4-8-19(14)16/h10,13-16H,1-9,11H2/t14-,15?,16+,18-/m0/s1. The first-order valence-electron chi connectivity index (χ1n) is 9.11. The van der Waals surface area contributed by atoms with Crippen molar-refractivity contribution in [2.24, 2.45) is 0 Å². The van der Waals surface area contributed by atoms with Crippen molar-refractivity contribution in [3.8, 4) is 0 Å². The van der Waals surface area contributed by atoms with Crippen LogP contribution in [0.4, 0.5) is 0 Å². The Labute approximate surface area is 136 Å². The van der Waals surface area contributed by atoms with E-state index in [0.717, 1.165) is 18.1 Å². The summed E-state index contributed by atoms with van der Waals surface area (Å²) < 4.78 is 5.95. The van der Waals surface area contributed by atoms with Crippen LogP contribution in [0, 0.1) is 0 Å². The molecule has 120 valence electrons. The Morgan fingerprint density at radius 1 is 1.18 bits per heavy atom. The zero-order chi connectivity index (χ0) is 14.7. The molecule has 0 radical (unpaired) electrons. The van der Waals surface area contributed by atoms with E-state index in [1.165, 1.54) is 57.1 Å². The van der Waals surface area contributed by atoms with Crippen LogP contribution in [0.2, 0.25) is 0 Å². The second-order valence-corrected chi connectivity index (χ2v) is 9.33. The number of nitrogens with zero attached hydrogens (tertiary/aromatic N) is 1. The Bertz CT molecular complexity index is 527. The van der Waals surface area contributed by atoms with Gasteiger partial charge in [0.2, 0.25) is 0 Å². The molecule has 0 N–H and O–H groups in total. The van der Waals surface area contributed by atoms with E-state index in [2.05, 4.69) is 16.7 Å². The van der Waals surface area contributed by atoms with E-state index in [1.807, 2.05) is 6.08 Å². The Balaban J connectivity index is 1.47. The van der Waals surface area contributed by atoms with Gasteiger partial charge in [-0.3, -0.25) is 4.90 Å². The highest BCUT2D eigenvalue weighted by Gasteiger charge is 2.63. The number of fused-ring (bicyclic) bond motifs is 3. The van der Waals surface area contributed by atoms with Crippen LogP contribution in [0.1, 0.15) is 57.8 Å². The van der Waals surface area contributed by atoms with E-state index in [0.29, 0.717) is 17.3 Å². The zero-order valence-electron chi connectivity index (χ0n) is 13.1. The van der Waals surface area contributed by atoms with Gasteiger partial charge in [0.05, 0.1) is 6.04 Å². The van der Waals surface area contributed by atoms with Gasteiger partial charge in [-0.25, -0.2) is 4.79 Å². The van der Waals surface area contributed by atoms with E-state index >= 15 is 0 Å². The van der Waals surface area contributed by atoms with Crippen molar-refractivity contribution in [2.45, 2.75) is 86.0 Å². The molecule has 0 aromatic carbocycles. The third-order valence-corrected chi connectivity index (χ3v) is 8.35. The van der Waals surface area contributed by atoms with Gasteiger partial charge < -0.3 is 4.74 Å². The number of hydrogen-bond acceptors (Lipinski definition) is 4. The molecule has 5 aliphatic rings. The molecule has 0 aromatic heterocycles. The fourth-order valence-corrected chi connectivity index (χ4v) is 7.56. The Hall–Kier alpha value is -0.480. The van der Waals surface area contributed by atoms with Crippen molar-refractivity contribution < 1.29 is 9.53 Å². The highest BCUT2D eigenvalue weighted by Crippen LogP contribution is 2.56. The number of carbonyl (C=O) groups excluding carboxylic acids is 1. The van der Waals surface area contributed by atoms with Gasteiger partial charge in [0.1, 0.15) is 0 Å². The number of piperidine rings is 1. The summed E-state index contributed by atoms with van der Waals surface area (Å²) in [6.45, 7) is 1.21. The zero-order valence-corrected chi connectivity index (χ0v) is 13.9. The number of carbonyl (C=O) groups is 1. The fourth-order valence-electron chi connectivity index (χ4n) is 5.75. The molecule has 0 amide bonds. The molecule has 3 heterocycles. The molecule has 22 heavy (non-hydrogen) atoms. The van der Waals surface area contributed by atoms with Gasteiger partial charge in [0.15, 0.2) is 5.60 Å². The SMILES string of the molecule is O=C1C=C2CC(SC3CCCC3)[C@@H]3C[C@@]2(O1)[C@H]1CCCCN31. The van der Waals surface area contributed by atoms with Crippen molar-refractivity contribution in [3.05, 3.63) is 11.6 Å². The van der Waals surface area contributed by atoms with Crippen LogP contribution >= 0.6 is 11.8 Å². The quantitative estimate of drug-likeness (QED) is 0.731. The van der Waals surface area contributed by atoms with E-state index in [4.69, 9.17) is 4.74 Å². The molecule has 3 nitrogen and oxygen atoms in total. The summed E-state index contributed by atoms with van der Waals surface area (Å²) in [5.41, 5.74) is 1.10. The average Bonchev–Trinajstić information content (AvgIpc) is 3.19. The van der Waals surface area contributed by atoms with Crippen LogP contribution in [0.15, 0.2) is 11.6 Å². The van der Waals surface area contributed by atoms with Crippen LogP contribution in [0.25, 0.3) is 0 Å². The monoisotopic (exact) mass is 319 g/mol. The minimum atomic E-state index is -0.227. The first kappa shape index (κ1) is 13.9. The molecule has 2 saturated heterocycles. The van der Waals surface area contributed by atoms with Gasteiger partial charge in [-0.05, 0) is 44.2 Å². The van der Waals surface area contributed by atoms with E-state index < -0.39 is 0 Å². The Kier molecular flexibility index (Phi) is 3.17. The maximum Gasteiger partial charge on any atom is 0.331 e. The number of esters is 1. The molecule has 2 aliphatic carbocycles. The molecule has 1 spiro atoms. The van der Waals surface area contributed by atoms with E-state index in [9.17, 15) is 4.79 Å². The van der Waals surface area contributed by atoms with Crippen molar-refractivity contribution in [1.29, 1.82) is 0 Å². The first-order valence-corrected chi connectivity index (χ1v) is 10.1. The highest BCUT2D eigenvalue weighted by molar-refractivity contribution is 8.00. The normalized spacial score (nSPS) is 44.6. The van der Waals surface area contributed by atoms with Crippen molar-refractivity contribution in [3.63, 3.8) is 0 Å². The molecule has 5 rings (SSSR count). The van der Waals surface area contributed by atoms with Gasteiger partial charge in [-0.1, -0.05) is 19.3 Å². The summed E-state index contributed by atoms with van der Waals surface area (Å²) in [5, 5.41) is 1.54. The van der Waals surface area contributed by atoms with Gasteiger partial charge >= 0.3 is 5.97 Å². The van der Waals surface area contributed by atoms with Crippen molar-refractivity contribution in [2.75, 3.05) is 6.54 Å². The lowest BCUT2D eigenvalue weighted by molar-refractivity contribution is -0.148. The summed E-state index contributed by atoms with van der Waals surface area (Å²) in [6.07, 6.45) is 13.4. The molecule has 4 atom stereocenters. The minimum absolute atomic E-state index is 0.0762. The summed E-state index contributed by atoms with van der Waals surface area (Å²) in [6, 6.07) is 1.11. The third-order valence-electron chi connectivity index (χ3n) is 6.66. The molecular formula is C18H25NO2S. The molecular weight excluding hydrogens is 294 g/mol. The van der Waals surface area contributed by atoms with Crippen molar-refractivity contribution in [1.82, 2.24) is 4.90 Å². The number of hydrogen-bond donors (Lipinski definition) is 0. The van der Waals surface area contributed by atoms with Gasteiger partial charge in [-0.2, -0.15) is 11.8 Å². The van der Waals surface area contributed by atoms with Crippen LogP contribution in [-0.4, -0.2) is 45.6 Å². The molecule has 2 bridgehead atoms. The predicted molar refractivity (Wildman–Crippen MR) is 87.9 cm³/mol. The Morgan fingerprint density at radius 3 is 2.86 bits per heavy atom. The fraction of sp³-hybridized carbons (Fsp3) is 0.833. The van der Waals surface area contributed by atoms with E-state index in [1.54, 1.807) is 0 Å². The molecule has 2 saturated carbocycles. The highest BCUT2D eigenvalue weighted by atomic mass is 32.2. The largest absolute Gasteiger partial charge is 0.450 e. The van der Waals surface area contributed by atoms with Gasteiger partial charge in [0.25, 0.3) is 0 Å². The lowest BCUT2D eigenvalue weighted by Gasteiger charge is -2.38. The molecule has 4 heteroatoms. The lowest BCUT2D eigenvalue weighted by atomic mass is 9.77. The lowest BCUT2D eigenvalue weighted by Crippen LogP contribution is -2.48. The summed E-state index contributed by atoms with van der Waals surface area (Å²) in [7, 11) is 0. The summed E-state index contributed by atoms with van der Waals surface area (Å²) >= 11 is 2.24. The number of thioether (sulfide) groups is 1. The van der Waals surface area contributed by atoms with Gasteiger partial charge in [0, 0.05) is 29.0 Å². The maximum absolute atomic E-state index is 12.0. The maximum atomic E-state index is 12.0. The Morgan fingerprint density at radius 2 is 2.00 bits per heavy atom. The third kappa shape index (κ3) is 1.89. The van der Waals surface area contributed by atoms with Crippen LogP contribution in [-0.2, 0) is 9.53 Å². The van der Waals surface area contributed by atoms with Crippen molar-refractivity contribution >= 4 is 17.7 Å². The molecule has 4 fully saturated rings. The average molecular weight is 319 g/mol. The van der Waals surface area contributed by atoms with Gasteiger partial charge in [-0.15, -0.1) is 0 Å². The smallest absolute Gasteiger partial charge is 0.331 e. The summed E-state index contributed by atoms with van der Waals surface area (Å²) in [5.74, 6) is -0.0762.